The first-order chi connectivity index (χ1) is 13.6. The lowest BCUT2D eigenvalue weighted by Gasteiger charge is -2.20. The van der Waals surface area contributed by atoms with Crippen LogP contribution < -0.4 is 15.6 Å². The summed E-state index contributed by atoms with van der Waals surface area (Å²) in [7, 11) is 3.47. The van der Waals surface area contributed by atoms with Crippen LogP contribution in [0.15, 0.2) is 60.7 Å². The molecule has 1 aliphatic heterocycles. The van der Waals surface area contributed by atoms with Gasteiger partial charge in [0.25, 0.3) is 0 Å². The smallest absolute Gasteiger partial charge is 0.241 e. The fourth-order valence-corrected chi connectivity index (χ4v) is 3.58. The molecule has 1 aliphatic rings. The summed E-state index contributed by atoms with van der Waals surface area (Å²) in [6.45, 7) is 0.478. The lowest BCUT2D eigenvalue weighted by atomic mass is 10.0. The molecule has 0 bridgehead atoms. The molecule has 2 N–H and O–H groups in total. The predicted molar refractivity (Wildman–Crippen MR) is 109 cm³/mol. The normalized spacial score (nSPS) is 18.9. The average Bonchev–Trinajstić information content (AvgIpc) is 3.23. The van der Waals surface area contributed by atoms with Gasteiger partial charge in [-0.05, 0) is 36.2 Å². The van der Waals surface area contributed by atoms with Crippen molar-refractivity contribution < 1.29 is 9.53 Å². The van der Waals surface area contributed by atoms with Crippen LogP contribution in [0.5, 0.6) is 5.75 Å². The number of carbonyl (C=O) groups excluding carboxylic acids is 1. The van der Waals surface area contributed by atoms with Crippen LogP contribution in [0.1, 0.15) is 23.7 Å². The molecule has 1 aromatic heterocycles. The Bertz CT molecular complexity index is 991. The number of nitrogens with one attached hydrogen (secondary N) is 2. The second kappa shape index (κ2) is 7.96. The van der Waals surface area contributed by atoms with Gasteiger partial charge in [-0.2, -0.15) is 0 Å². The van der Waals surface area contributed by atoms with Gasteiger partial charge >= 0.3 is 0 Å². The maximum atomic E-state index is 12.9. The number of para-hydroxylation sites is 1. The zero-order valence-corrected chi connectivity index (χ0v) is 16.1. The average molecular weight is 376 g/mol. The molecular weight excluding hydrogens is 352 g/mol. The number of aromatic nitrogens is 1. The van der Waals surface area contributed by atoms with E-state index in [1.165, 1.54) is 0 Å². The first kappa shape index (κ1) is 18.4. The van der Waals surface area contributed by atoms with E-state index in [1.54, 1.807) is 12.0 Å². The number of hydrogen-bond donors (Lipinski definition) is 2. The summed E-state index contributed by atoms with van der Waals surface area (Å²) < 4.78 is 5.29. The topological polar surface area (TPSA) is 66.5 Å². The quantitative estimate of drug-likeness (QED) is 0.717. The number of hydrogen-bond acceptors (Lipinski definition) is 5. The Labute approximate surface area is 164 Å². The van der Waals surface area contributed by atoms with Crippen LogP contribution in [0.3, 0.4) is 0 Å². The zero-order chi connectivity index (χ0) is 19.5. The van der Waals surface area contributed by atoms with Crippen molar-refractivity contribution in [2.24, 2.45) is 0 Å². The van der Waals surface area contributed by atoms with E-state index in [4.69, 9.17) is 4.74 Å². The van der Waals surface area contributed by atoms with Gasteiger partial charge in [0.05, 0.1) is 24.9 Å². The Hall–Kier alpha value is -2.96. The van der Waals surface area contributed by atoms with Gasteiger partial charge in [-0.25, -0.2) is 10.9 Å². The van der Waals surface area contributed by atoms with E-state index >= 15 is 0 Å². The van der Waals surface area contributed by atoms with Crippen molar-refractivity contribution in [3.63, 3.8) is 0 Å². The summed E-state index contributed by atoms with van der Waals surface area (Å²) in [6.07, 6.45) is 0.682. The number of hydrazine groups is 1. The van der Waals surface area contributed by atoms with Crippen LogP contribution in [0.25, 0.3) is 10.9 Å². The number of carbonyl (C=O) groups is 1. The Morgan fingerprint density at radius 2 is 2.00 bits per heavy atom. The fourth-order valence-electron chi connectivity index (χ4n) is 3.58. The summed E-state index contributed by atoms with van der Waals surface area (Å²) in [5.74, 6) is 0.862. The number of fused-ring (bicyclic) bond motifs is 1. The summed E-state index contributed by atoms with van der Waals surface area (Å²) in [5, 5.41) is 1.10. The molecule has 0 saturated carbocycles. The van der Waals surface area contributed by atoms with Gasteiger partial charge in [0.2, 0.25) is 5.91 Å². The minimum Gasteiger partial charge on any atom is -0.497 e. The largest absolute Gasteiger partial charge is 0.497 e. The maximum Gasteiger partial charge on any atom is 0.241 e. The van der Waals surface area contributed by atoms with Gasteiger partial charge in [0.15, 0.2) is 0 Å². The number of benzene rings is 2. The van der Waals surface area contributed by atoms with Crippen molar-refractivity contribution in [3.8, 4) is 5.75 Å². The summed E-state index contributed by atoms with van der Waals surface area (Å²) in [6, 6.07) is 19.7. The molecule has 1 saturated heterocycles. The van der Waals surface area contributed by atoms with Gasteiger partial charge in [-0.3, -0.25) is 9.78 Å². The zero-order valence-electron chi connectivity index (χ0n) is 16.1. The standard InChI is InChI=1S/C22H24N4O2/c1-26(14-17-11-10-15-6-3-4-9-19(15)23-17)22(27)21-13-20(24-25-21)16-7-5-8-18(12-16)28-2/h3-12,20-21,24-25H,13-14H2,1-2H3. The molecule has 1 fully saturated rings. The van der Waals surface area contributed by atoms with Crippen LogP contribution in [0.2, 0.25) is 0 Å². The number of amides is 1. The molecule has 0 radical (unpaired) electrons. The summed E-state index contributed by atoms with van der Waals surface area (Å²) in [4.78, 5) is 19.3. The monoisotopic (exact) mass is 376 g/mol. The van der Waals surface area contributed by atoms with Crippen LogP contribution >= 0.6 is 0 Å². The lowest BCUT2D eigenvalue weighted by molar-refractivity contribution is -0.132. The number of likely N-dealkylation sites (N-methyl/N-ethyl adjacent to an activating group) is 1. The molecule has 1 amide bonds. The number of rotatable bonds is 5. The predicted octanol–water partition coefficient (Wildman–Crippen LogP) is 2.81. The third kappa shape index (κ3) is 3.83. The van der Waals surface area contributed by atoms with Crippen LogP contribution in [0, 0.1) is 0 Å². The first-order valence-corrected chi connectivity index (χ1v) is 9.38. The number of nitrogens with zero attached hydrogens (tertiary/aromatic N) is 2. The van der Waals surface area contributed by atoms with Gasteiger partial charge in [-0.1, -0.05) is 36.4 Å². The second-order valence-corrected chi connectivity index (χ2v) is 7.10. The Kier molecular flexibility index (Phi) is 5.23. The van der Waals surface area contributed by atoms with Crippen LogP contribution in [-0.4, -0.2) is 36.0 Å². The second-order valence-electron chi connectivity index (χ2n) is 7.10. The molecule has 2 atom stereocenters. The van der Waals surface area contributed by atoms with Gasteiger partial charge < -0.3 is 9.64 Å². The van der Waals surface area contributed by atoms with E-state index in [9.17, 15) is 4.79 Å². The highest BCUT2D eigenvalue weighted by atomic mass is 16.5. The highest BCUT2D eigenvalue weighted by Crippen LogP contribution is 2.26. The number of pyridine rings is 1. The van der Waals surface area contributed by atoms with Gasteiger partial charge in [0, 0.05) is 18.5 Å². The number of methoxy groups -OCH3 is 1. The first-order valence-electron chi connectivity index (χ1n) is 9.38. The summed E-state index contributed by atoms with van der Waals surface area (Å²) in [5.41, 5.74) is 9.29. The van der Waals surface area contributed by atoms with Crippen molar-refractivity contribution in [1.82, 2.24) is 20.7 Å². The summed E-state index contributed by atoms with van der Waals surface area (Å²) >= 11 is 0. The maximum absolute atomic E-state index is 12.9. The van der Waals surface area contributed by atoms with Gasteiger partial charge in [0.1, 0.15) is 11.8 Å². The van der Waals surface area contributed by atoms with Crippen molar-refractivity contribution in [2.45, 2.75) is 25.0 Å². The van der Waals surface area contributed by atoms with E-state index < -0.39 is 0 Å². The van der Waals surface area contributed by atoms with E-state index in [-0.39, 0.29) is 18.0 Å². The van der Waals surface area contributed by atoms with Crippen molar-refractivity contribution >= 4 is 16.8 Å². The van der Waals surface area contributed by atoms with Crippen LogP contribution in [0.4, 0.5) is 0 Å². The molecule has 0 spiro atoms. The molecule has 6 heteroatoms. The molecule has 6 nitrogen and oxygen atoms in total. The van der Waals surface area contributed by atoms with E-state index in [0.717, 1.165) is 27.9 Å². The van der Waals surface area contributed by atoms with E-state index in [2.05, 4.69) is 15.8 Å². The molecule has 3 aromatic rings. The minimum atomic E-state index is -0.276. The Morgan fingerprint density at radius 3 is 2.86 bits per heavy atom. The van der Waals surface area contributed by atoms with Gasteiger partial charge in [-0.15, -0.1) is 0 Å². The highest BCUT2D eigenvalue weighted by Gasteiger charge is 2.32. The third-order valence-corrected chi connectivity index (χ3v) is 5.13. The molecule has 2 unspecified atom stereocenters. The Balaban J connectivity index is 1.40. The molecule has 2 aromatic carbocycles. The third-order valence-electron chi connectivity index (χ3n) is 5.13. The molecular formula is C22H24N4O2. The van der Waals surface area contributed by atoms with E-state index in [0.29, 0.717) is 13.0 Å². The van der Waals surface area contributed by atoms with Crippen molar-refractivity contribution in [1.29, 1.82) is 0 Å². The number of ether oxygens (including phenoxy) is 1. The molecule has 2 heterocycles. The van der Waals surface area contributed by atoms with Crippen molar-refractivity contribution in [2.75, 3.05) is 14.2 Å². The van der Waals surface area contributed by atoms with E-state index in [1.807, 2.05) is 67.7 Å². The van der Waals surface area contributed by atoms with Crippen molar-refractivity contribution in [3.05, 3.63) is 71.9 Å². The lowest BCUT2D eigenvalue weighted by Crippen LogP contribution is -2.43. The molecule has 4 rings (SSSR count). The van der Waals surface area contributed by atoms with Crippen LogP contribution in [-0.2, 0) is 11.3 Å². The molecule has 144 valence electrons. The molecule has 0 aliphatic carbocycles. The SMILES string of the molecule is COc1cccc(C2CC(C(=O)N(C)Cc3ccc4ccccc4n3)NN2)c1. The fraction of sp³-hybridized carbons (Fsp3) is 0.273. The highest BCUT2D eigenvalue weighted by molar-refractivity contribution is 5.82. The molecule has 28 heavy (non-hydrogen) atoms. The Morgan fingerprint density at radius 1 is 1.14 bits per heavy atom. The minimum absolute atomic E-state index is 0.0489.